The van der Waals surface area contributed by atoms with E-state index in [4.69, 9.17) is 11.6 Å². The maximum atomic E-state index is 11.3. The molecule has 0 radical (unpaired) electrons. The number of carboxylic acid groups (broad SMARTS) is 1. The van der Waals surface area contributed by atoms with Crippen LogP contribution in [0.3, 0.4) is 0 Å². The molecule has 3 heterocycles. The van der Waals surface area contributed by atoms with Crippen molar-refractivity contribution in [2.75, 3.05) is 0 Å². The minimum absolute atomic E-state index is 0.0912. The van der Waals surface area contributed by atoms with E-state index in [1.165, 1.54) is 16.7 Å². The first-order valence-electron chi connectivity index (χ1n) is 4.81. The Bertz CT molecular complexity index is 735. The third-order valence-corrected chi connectivity index (χ3v) is 2.70. The van der Waals surface area contributed by atoms with Crippen molar-refractivity contribution in [3.05, 3.63) is 29.0 Å². The van der Waals surface area contributed by atoms with Crippen molar-refractivity contribution in [2.24, 2.45) is 0 Å². The molecule has 0 amide bonds. The van der Waals surface area contributed by atoms with Gasteiger partial charge in [-0.2, -0.15) is 5.21 Å². The Morgan fingerprint density at radius 1 is 1.44 bits per heavy atom. The third kappa shape index (κ3) is 1.43. The molecule has 2 N–H and O–H groups in total. The monoisotopic (exact) mass is 264 g/mol. The van der Waals surface area contributed by atoms with Gasteiger partial charge in [0.25, 0.3) is 0 Å². The van der Waals surface area contributed by atoms with Gasteiger partial charge in [0.15, 0.2) is 5.69 Å². The summed E-state index contributed by atoms with van der Waals surface area (Å²) in [6.45, 7) is 0. The van der Waals surface area contributed by atoms with Crippen LogP contribution in [0, 0.1) is 0 Å². The lowest BCUT2D eigenvalue weighted by molar-refractivity contribution is 0.0689. The molecule has 0 saturated heterocycles. The lowest BCUT2D eigenvalue weighted by Gasteiger charge is -2.04. The lowest BCUT2D eigenvalue weighted by Crippen LogP contribution is -2.07. The summed E-state index contributed by atoms with van der Waals surface area (Å²) in [4.78, 5) is 15.3. The zero-order valence-corrected chi connectivity index (χ0v) is 9.46. The van der Waals surface area contributed by atoms with Gasteiger partial charge in [-0.15, -0.1) is 10.2 Å². The molecule has 0 atom stereocenters. The molecule has 3 rings (SSSR count). The number of carbonyl (C=O) groups is 1. The molecule has 0 unspecified atom stereocenters. The summed E-state index contributed by atoms with van der Waals surface area (Å²) in [7, 11) is 0. The van der Waals surface area contributed by atoms with Gasteiger partial charge in [0.2, 0.25) is 5.82 Å². The fraction of sp³-hybridized carbons (Fsp3) is 0. The van der Waals surface area contributed by atoms with Crippen molar-refractivity contribution in [1.82, 2.24) is 30.0 Å². The van der Waals surface area contributed by atoms with E-state index in [2.05, 4.69) is 25.6 Å². The molecule has 3 aromatic rings. The standard InChI is InChI=1S/C9H5ClN6O2/c10-4-1-2-6-11-3-5(8-12-14-15-13-8)16(6)7(4)9(17)18/h1-3H,(H,17,18)(H,12,13,14,15). The maximum Gasteiger partial charge on any atom is 0.354 e. The van der Waals surface area contributed by atoms with Gasteiger partial charge in [0, 0.05) is 0 Å². The van der Waals surface area contributed by atoms with Crippen LogP contribution in [0.2, 0.25) is 5.02 Å². The molecule has 0 fully saturated rings. The van der Waals surface area contributed by atoms with E-state index >= 15 is 0 Å². The first-order valence-corrected chi connectivity index (χ1v) is 5.19. The van der Waals surface area contributed by atoms with Crippen molar-refractivity contribution >= 4 is 23.2 Å². The number of nitrogens with zero attached hydrogens (tertiary/aromatic N) is 5. The van der Waals surface area contributed by atoms with Gasteiger partial charge >= 0.3 is 5.97 Å². The van der Waals surface area contributed by atoms with Crippen molar-refractivity contribution in [2.45, 2.75) is 0 Å². The highest BCUT2D eigenvalue weighted by Gasteiger charge is 2.19. The normalized spacial score (nSPS) is 10.9. The highest BCUT2D eigenvalue weighted by atomic mass is 35.5. The van der Waals surface area contributed by atoms with Crippen LogP contribution in [0.4, 0.5) is 0 Å². The second-order valence-electron chi connectivity index (χ2n) is 3.41. The first kappa shape index (κ1) is 10.7. The number of aromatic nitrogens is 6. The number of H-pyrrole nitrogens is 1. The van der Waals surface area contributed by atoms with E-state index in [1.807, 2.05) is 0 Å². The summed E-state index contributed by atoms with van der Waals surface area (Å²) < 4.78 is 1.37. The van der Waals surface area contributed by atoms with Crippen molar-refractivity contribution in [3.63, 3.8) is 0 Å². The molecule has 0 spiro atoms. The molecule has 0 bridgehead atoms. The molecule has 90 valence electrons. The van der Waals surface area contributed by atoms with Gasteiger partial charge in [0.05, 0.1) is 11.2 Å². The number of pyridine rings is 1. The number of tetrazole rings is 1. The van der Waals surface area contributed by atoms with Gasteiger partial charge in [-0.25, -0.2) is 9.78 Å². The minimum Gasteiger partial charge on any atom is -0.477 e. The number of hydrogen-bond donors (Lipinski definition) is 2. The highest BCUT2D eigenvalue weighted by molar-refractivity contribution is 6.33. The molecule has 0 aliphatic heterocycles. The Morgan fingerprint density at radius 3 is 2.94 bits per heavy atom. The first-order chi connectivity index (χ1) is 8.68. The Morgan fingerprint density at radius 2 is 2.28 bits per heavy atom. The summed E-state index contributed by atoms with van der Waals surface area (Å²) in [5.41, 5.74) is 0.752. The van der Waals surface area contributed by atoms with Gasteiger partial charge in [0.1, 0.15) is 11.3 Å². The Kier molecular flexibility index (Phi) is 2.23. The Hall–Kier alpha value is -2.48. The molecule has 0 aromatic carbocycles. The van der Waals surface area contributed by atoms with E-state index < -0.39 is 5.97 Å². The average molecular weight is 265 g/mol. The van der Waals surface area contributed by atoms with Crippen LogP contribution in [0.25, 0.3) is 17.2 Å². The van der Waals surface area contributed by atoms with Crippen molar-refractivity contribution in [3.8, 4) is 11.5 Å². The van der Waals surface area contributed by atoms with Crippen LogP contribution in [0.15, 0.2) is 18.3 Å². The predicted molar refractivity (Wildman–Crippen MR) is 60.3 cm³/mol. The van der Waals surface area contributed by atoms with E-state index in [-0.39, 0.29) is 16.5 Å². The number of halogens is 1. The summed E-state index contributed by atoms with van der Waals surface area (Å²) in [5.74, 6) is -0.916. The van der Waals surface area contributed by atoms with Crippen LogP contribution < -0.4 is 0 Å². The van der Waals surface area contributed by atoms with Crippen LogP contribution in [-0.2, 0) is 0 Å². The van der Waals surface area contributed by atoms with Crippen molar-refractivity contribution < 1.29 is 9.90 Å². The molecular formula is C9H5ClN6O2. The van der Waals surface area contributed by atoms with E-state index in [9.17, 15) is 9.90 Å². The fourth-order valence-corrected chi connectivity index (χ4v) is 1.91. The SMILES string of the molecule is O=C(O)c1c(Cl)ccc2ncc(-c3nn[nH]n3)n12. The summed E-state index contributed by atoms with van der Waals surface area (Å²) >= 11 is 5.89. The molecule has 0 saturated carbocycles. The smallest absolute Gasteiger partial charge is 0.354 e. The molecule has 0 aliphatic carbocycles. The number of imidazole rings is 1. The third-order valence-electron chi connectivity index (χ3n) is 2.39. The summed E-state index contributed by atoms with van der Waals surface area (Å²) in [6, 6.07) is 3.09. The topological polar surface area (TPSA) is 109 Å². The second-order valence-corrected chi connectivity index (χ2v) is 3.81. The van der Waals surface area contributed by atoms with Gasteiger partial charge < -0.3 is 5.11 Å². The number of fused-ring (bicyclic) bond motifs is 1. The van der Waals surface area contributed by atoms with Crippen molar-refractivity contribution in [1.29, 1.82) is 0 Å². The van der Waals surface area contributed by atoms with Gasteiger partial charge in [-0.05, 0) is 17.3 Å². The Labute approximate surface area is 104 Å². The molecular weight excluding hydrogens is 260 g/mol. The van der Waals surface area contributed by atoms with Crippen LogP contribution >= 0.6 is 11.6 Å². The molecule has 8 nitrogen and oxygen atoms in total. The number of nitrogens with one attached hydrogen (secondary N) is 1. The average Bonchev–Trinajstić information content (AvgIpc) is 2.95. The molecule has 9 heteroatoms. The van der Waals surface area contributed by atoms with Gasteiger partial charge in [-0.1, -0.05) is 11.6 Å². The number of aromatic amines is 1. The largest absolute Gasteiger partial charge is 0.477 e. The van der Waals surface area contributed by atoms with Gasteiger partial charge in [-0.3, -0.25) is 4.40 Å². The van der Waals surface area contributed by atoms with Crippen LogP contribution in [-0.4, -0.2) is 41.1 Å². The second kappa shape index (κ2) is 3.77. The lowest BCUT2D eigenvalue weighted by atomic mass is 10.3. The summed E-state index contributed by atoms with van der Waals surface area (Å²) in [5, 5.41) is 22.6. The number of aromatic carboxylic acids is 1. The highest BCUT2D eigenvalue weighted by Crippen LogP contribution is 2.23. The Balaban J connectivity index is 2.42. The zero-order valence-electron chi connectivity index (χ0n) is 8.70. The summed E-state index contributed by atoms with van der Waals surface area (Å²) in [6.07, 6.45) is 1.46. The van der Waals surface area contributed by atoms with E-state index in [0.717, 1.165) is 0 Å². The maximum absolute atomic E-state index is 11.3. The zero-order chi connectivity index (χ0) is 12.7. The fourth-order valence-electron chi connectivity index (χ4n) is 1.68. The minimum atomic E-state index is -1.16. The quantitative estimate of drug-likeness (QED) is 0.711. The molecule has 18 heavy (non-hydrogen) atoms. The van der Waals surface area contributed by atoms with Crippen LogP contribution in [0.1, 0.15) is 10.5 Å². The molecule has 0 aliphatic rings. The molecule has 3 aromatic heterocycles. The number of hydrogen-bond acceptors (Lipinski definition) is 5. The van der Waals surface area contributed by atoms with E-state index in [0.29, 0.717) is 11.3 Å². The number of carboxylic acids is 1. The van der Waals surface area contributed by atoms with E-state index in [1.54, 1.807) is 6.07 Å². The van der Waals surface area contributed by atoms with Crippen LogP contribution in [0.5, 0.6) is 0 Å². The predicted octanol–water partition coefficient (Wildman–Crippen LogP) is 0.866. The number of rotatable bonds is 2.